The van der Waals surface area contributed by atoms with E-state index in [1.807, 2.05) is 4.90 Å². The molecule has 1 fully saturated rings. The normalized spacial score (nSPS) is 13.5. The van der Waals surface area contributed by atoms with E-state index in [2.05, 4.69) is 16.0 Å². The summed E-state index contributed by atoms with van der Waals surface area (Å²) in [7, 11) is 0. The number of likely N-dealkylation sites (tertiary alicyclic amines) is 1. The lowest BCUT2D eigenvalue weighted by molar-refractivity contribution is -0.137. The maximum Gasteiger partial charge on any atom is 0.416 e. The summed E-state index contributed by atoms with van der Waals surface area (Å²) in [4.78, 5) is 39.4. The maximum absolute atomic E-state index is 12.9. The summed E-state index contributed by atoms with van der Waals surface area (Å²) in [6, 6.07) is 17.4. The van der Waals surface area contributed by atoms with Gasteiger partial charge in [-0.15, -0.1) is 0 Å². The summed E-state index contributed by atoms with van der Waals surface area (Å²) in [6.45, 7) is 1.49. The predicted octanol–water partition coefficient (Wildman–Crippen LogP) is 5.63. The van der Waals surface area contributed by atoms with E-state index < -0.39 is 17.6 Å². The highest BCUT2D eigenvalue weighted by molar-refractivity contribution is 6.05. The average molecular weight is 525 g/mol. The first-order valence-electron chi connectivity index (χ1n) is 12.2. The minimum absolute atomic E-state index is 0.00553. The maximum atomic E-state index is 12.9. The van der Waals surface area contributed by atoms with Crippen molar-refractivity contribution >= 4 is 34.8 Å². The molecule has 0 atom stereocenters. The van der Waals surface area contributed by atoms with Crippen molar-refractivity contribution in [3.05, 3.63) is 89.5 Å². The van der Waals surface area contributed by atoms with Crippen LogP contribution < -0.4 is 16.0 Å². The molecular weight excluding hydrogens is 497 g/mol. The number of halogens is 3. The Morgan fingerprint density at radius 1 is 0.737 bits per heavy atom. The number of amides is 3. The quantitative estimate of drug-likeness (QED) is 0.374. The molecule has 0 aromatic heterocycles. The van der Waals surface area contributed by atoms with Crippen LogP contribution in [-0.4, -0.2) is 42.3 Å². The Morgan fingerprint density at radius 3 is 2.08 bits per heavy atom. The molecule has 0 bridgehead atoms. The smallest absolute Gasteiger partial charge is 0.376 e. The van der Waals surface area contributed by atoms with Crippen molar-refractivity contribution in [2.24, 2.45) is 0 Å². The Labute approximate surface area is 218 Å². The predicted molar refractivity (Wildman–Crippen MR) is 139 cm³/mol. The zero-order valence-corrected chi connectivity index (χ0v) is 20.5. The van der Waals surface area contributed by atoms with Crippen LogP contribution in [0, 0.1) is 0 Å². The van der Waals surface area contributed by atoms with Gasteiger partial charge >= 0.3 is 6.18 Å². The second-order valence-corrected chi connectivity index (χ2v) is 8.95. The fourth-order valence-corrected chi connectivity index (χ4v) is 4.11. The lowest BCUT2D eigenvalue weighted by Gasteiger charge is -2.26. The van der Waals surface area contributed by atoms with E-state index in [1.165, 1.54) is 24.3 Å². The minimum atomic E-state index is -4.52. The first-order chi connectivity index (χ1) is 18.2. The molecule has 0 radical (unpaired) electrons. The standard InChI is InChI=1S/C28H27F3N4O3/c29-28(30,31)21-7-5-9-24(17-21)34-26(37)20-6-4-8-23(16-20)33-25(36)18-32-22-12-10-19(11-13-22)27(38)35-14-2-1-3-15-35/h4-13,16-17,32H,1-3,14-15,18H2,(H,33,36)(H,34,37). The van der Waals surface area contributed by atoms with Crippen LogP contribution in [0.5, 0.6) is 0 Å². The molecule has 1 aliphatic rings. The molecule has 0 spiro atoms. The largest absolute Gasteiger partial charge is 0.416 e. The van der Waals surface area contributed by atoms with Gasteiger partial charge in [0.25, 0.3) is 11.8 Å². The lowest BCUT2D eigenvalue weighted by atomic mass is 10.1. The molecule has 3 aromatic rings. The van der Waals surface area contributed by atoms with Crippen LogP contribution in [-0.2, 0) is 11.0 Å². The van der Waals surface area contributed by atoms with Crippen LogP contribution in [0.25, 0.3) is 0 Å². The number of anilines is 3. The highest BCUT2D eigenvalue weighted by Gasteiger charge is 2.30. The summed E-state index contributed by atoms with van der Waals surface area (Å²) in [5.41, 5.74) is 0.934. The molecule has 1 heterocycles. The molecule has 7 nitrogen and oxygen atoms in total. The third-order valence-corrected chi connectivity index (χ3v) is 6.08. The fourth-order valence-electron chi connectivity index (χ4n) is 4.11. The molecule has 3 N–H and O–H groups in total. The van der Waals surface area contributed by atoms with Crippen molar-refractivity contribution in [2.75, 3.05) is 35.6 Å². The van der Waals surface area contributed by atoms with Crippen molar-refractivity contribution < 1.29 is 27.6 Å². The van der Waals surface area contributed by atoms with E-state index in [1.54, 1.807) is 36.4 Å². The summed E-state index contributed by atoms with van der Waals surface area (Å²) in [5, 5.41) is 8.11. The van der Waals surface area contributed by atoms with Crippen molar-refractivity contribution in [2.45, 2.75) is 25.4 Å². The number of hydrogen-bond donors (Lipinski definition) is 3. The number of alkyl halides is 3. The van der Waals surface area contributed by atoms with Crippen LogP contribution in [0.15, 0.2) is 72.8 Å². The SMILES string of the molecule is O=C(CNc1ccc(C(=O)N2CCCCC2)cc1)Nc1cccc(C(=O)Nc2cccc(C(F)(F)F)c2)c1. The summed E-state index contributed by atoms with van der Waals surface area (Å²) in [6.07, 6.45) is -1.34. The fraction of sp³-hybridized carbons (Fsp3) is 0.250. The molecule has 0 saturated carbocycles. The summed E-state index contributed by atoms with van der Waals surface area (Å²) in [5.74, 6) is -0.974. The van der Waals surface area contributed by atoms with E-state index in [4.69, 9.17) is 0 Å². The van der Waals surface area contributed by atoms with E-state index >= 15 is 0 Å². The van der Waals surface area contributed by atoms with E-state index in [9.17, 15) is 27.6 Å². The minimum Gasteiger partial charge on any atom is -0.376 e. The zero-order chi connectivity index (χ0) is 27.1. The van der Waals surface area contributed by atoms with E-state index in [0.29, 0.717) is 16.9 Å². The van der Waals surface area contributed by atoms with Gasteiger partial charge in [-0.25, -0.2) is 0 Å². The number of carbonyl (C=O) groups excluding carboxylic acids is 3. The number of piperidine rings is 1. The molecule has 3 amide bonds. The van der Waals surface area contributed by atoms with Crippen LogP contribution in [0.1, 0.15) is 45.5 Å². The van der Waals surface area contributed by atoms with Crippen LogP contribution in [0.3, 0.4) is 0 Å². The van der Waals surface area contributed by atoms with Gasteiger partial charge in [0.05, 0.1) is 12.1 Å². The third kappa shape index (κ3) is 7.12. The van der Waals surface area contributed by atoms with Gasteiger partial charge in [0.1, 0.15) is 0 Å². The third-order valence-electron chi connectivity index (χ3n) is 6.08. The van der Waals surface area contributed by atoms with E-state index in [0.717, 1.165) is 44.5 Å². The first-order valence-corrected chi connectivity index (χ1v) is 12.2. The monoisotopic (exact) mass is 524 g/mol. The molecule has 10 heteroatoms. The number of carbonyl (C=O) groups is 3. The van der Waals surface area contributed by atoms with Gasteiger partial charge in [-0.3, -0.25) is 14.4 Å². The van der Waals surface area contributed by atoms with Crippen molar-refractivity contribution in [1.82, 2.24) is 4.90 Å². The van der Waals surface area contributed by atoms with Gasteiger partial charge in [-0.1, -0.05) is 12.1 Å². The Hall–Kier alpha value is -4.34. The Kier molecular flexibility index (Phi) is 8.30. The number of hydrogen-bond acceptors (Lipinski definition) is 4. The van der Waals surface area contributed by atoms with Gasteiger partial charge in [-0.05, 0) is 79.9 Å². The summed E-state index contributed by atoms with van der Waals surface area (Å²) < 4.78 is 38.8. The van der Waals surface area contributed by atoms with Crippen molar-refractivity contribution in [1.29, 1.82) is 0 Å². The molecule has 0 unspecified atom stereocenters. The van der Waals surface area contributed by atoms with Crippen molar-refractivity contribution in [3.8, 4) is 0 Å². The Morgan fingerprint density at radius 2 is 1.39 bits per heavy atom. The lowest BCUT2D eigenvalue weighted by Crippen LogP contribution is -2.35. The molecule has 4 rings (SSSR count). The summed E-state index contributed by atoms with van der Waals surface area (Å²) >= 11 is 0. The molecule has 38 heavy (non-hydrogen) atoms. The Bertz CT molecular complexity index is 1300. The van der Waals surface area contributed by atoms with Gasteiger partial charge in [0, 0.05) is 41.3 Å². The Balaban J connectivity index is 1.30. The number of rotatable bonds is 7. The van der Waals surface area contributed by atoms with Crippen LogP contribution >= 0.6 is 0 Å². The number of nitrogens with zero attached hydrogens (tertiary/aromatic N) is 1. The highest BCUT2D eigenvalue weighted by Crippen LogP contribution is 2.30. The average Bonchev–Trinajstić information content (AvgIpc) is 2.92. The number of nitrogens with one attached hydrogen (secondary N) is 3. The van der Waals surface area contributed by atoms with Gasteiger partial charge < -0.3 is 20.9 Å². The second-order valence-electron chi connectivity index (χ2n) is 8.95. The highest BCUT2D eigenvalue weighted by atomic mass is 19.4. The van der Waals surface area contributed by atoms with Crippen LogP contribution in [0.2, 0.25) is 0 Å². The van der Waals surface area contributed by atoms with Gasteiger partial charge in [0.2, 0.25) is 5.91 Å². The van der Waals surface area contributed by atoms with Crippen LogP contribution in [0.4, 0.5) is 30.2 Å². The zero-order valence-electron chi connectivity index (χ0n) is 20.5. The molecule has 0 aliphatic carbocycles. The molecule has 1 saturated heterocycles. The topological polar surface area (TPSA) is 90.5 Å². The molecule has 1 aliphatic heterocycles. The van der Waals surface area contributed by atoms with Crippen molar-refractivity contribution in [3.63, 3.8) is 0 Å². The van der Waals surface area contributed by atoms with Gasteiger partial charge in [0.15, 0.2) is 0 Å². The second kappa shape index (κ2) is 11.8. The number of benzene rings is 3. The molecule has 3 aromatic carbocycles. The van der Waals surface area contributed by atoms with E-state index in [-0.39, 0.29) is 29.6 Å². The molecule has 198 valence electrons. The van der Waals surface area contributed by atoms with Gasteiger partial charge in [-0.2, -0.15) is 13.2 Å². The first kappa shape index (κ1) is 26.7. The molecular formula is C28H27F3N4O3.